The van der Waals surface area contributed by atoms with Gasteiger partial charge in [0.2, 0.25) is 0 Å². The molecule has 2 rings (SSSR count). The van der Waals surface area contributed by atoms with Gasteiger partial charge in [-0.3, -0.25) is 0 Å². The summed E-state index contributed by atoms with van der Waals surface area (Å²) in [5, 5.41) is 13.6. The van der Waals surface area contributed by atoms with Crippen LogP contribution in [0.15, 0.2) is 0 Å². The molecule has 0 spiro atoms. The Kier molecular flexibility index (Phi) is 3.81. The Bertz CT molecular complexity index is 284. The molecule has 2 unspecified atom stereocenters. The highest BCUT2D eigenvalue weighted by molar-refractivity contribution is 5.03. The molecule has 0 saturated heterocycles. The highest BCUT2D eigenvalue weighted by atomic mass is 16.3. The molecule has 2 N–H and O–H groups in total. The van der Waals surface area contributed by atoms with Crippen molar-refractivity contribution in [3.63, 3.8) is 0 Å². The summed E-state index contributed by atoms with van der Waals surface area (Å²) in [4.78, 5) is 0. The zero-order valence-corrected chi connectivity index (χ0v) is 12.8. The molecule has 2 nitrogen and oxygen atoms in total. The van der Waals surface area contributed by atoms with Crippen LogP contribution in [-0.2, 0) is 0 Å². The number of aliphatic hydroxyl groups is 1. The van der Waals surface area contributed by atoms with Crippen molar-refractivity contribution in [1.82, 2.24) is 5.32 Å². The Balaban J connectivity index is 1.78. The second kappa shape index (κ2) is 4.79. The predicted molar refractivity (Wildman–Crippen MR) is 76.5 cm³/mol. The molecule has 0 heterocycles. The van der Waals surface area contributed by atoms with E-state index in [4.69, 9.17) is 0 Å². The van der Waals surface area contributed by atoms with Crippen molar-refractivity contribution >= 4 is 0 Å². The molecule has 0 radical (unpaired) electrons. The topological polar surface area (TPSA) is 32.3 Å². The minimum absolute atomic E-state index is 0.0703. The van der Waals surface area contributed by atoms with E-state index in [2.05, 4.69) is 39.9 Å². The van der Waals surface area contributed by atoms with Crippen molar-refractivity contribution in [2.24, 2.45) is 16.7 Å². The minimum Gasteiger partial charge on any atom is -0.392 e. The highest BCUT2D eigenvalue weighted by Gasteiger charge is 2.47. The van der Waals surface area contributed by atoms with Gasteiger partial charge in [0.1, 0.15) is 0 Å². The summed E-state index contributed by atoms with van der Waals surface area (Å²) in [6.45, 7) is 11.5. The Morgan fingerprint density at radius 3 is 2.00 bits per heavy atom. The summed E-state index contributed by atoms with van der Waals surface area (Å²) in [5.41, 5.74) is 0.539. The van der Waals surface area contributed by atoms with Gasteiger partial charge in [-0.1, -0.05) is 34.6 Å². The molecule has 2 atom stereocenters. The molecule has 18 heavy (non-hydrogen) atoms. The van der Waals surface area contributed by atoms with Gasteiger partial charge in [0.25, 0.3) is 0 Å². The molecule has 0 aliphatic heterocycles. The Morgan fingerprint density at radius 2 is 1.61 bits per heavy atom. The van der Waals surface area contributed by atoms with Crippen LogP contribution in [0.3, 0.4) is 0 Å². The first-order valence-electron chi connectivity index (χ1n) is 7.65. The van der Waals surface area contributed by atoms with Crippen molar-refractivity contribution in [2.75, 3.05) is 0 Å². The lowest BCUT2D eigenvalue weighted by molar-refractivity contribution is -0.0778. The average molecular weight is 253 g/mol. The van der Waals surface area contributed by atoms with Crippen LogP contribution in [0.2, 0.25) is 0 Å². The molecular formula is C16H31NO. The van der Waals surface area contributed by atoms with Crippen LogP contribution in [0.5, 0.6) is 0 Å². The fourth-order valence-electron chi connectivity index (χ4n) is 3.60. The fraction of sp³-hybridized carbons (Fsp3) is 1.00. The van der Waals surface area contributed by atoms with E-state index in [1.54, 1.807) is 0 Å². The van der Waals surface area contributed by atoms with Crippen LogP contribution < -0.4 is 5.32 Å². The van der Waals surface area contributed by atoms with Gasteiger partial charge in [-0.15, -0.1) is 0 Å². The van der Waals surface area contributed by atoms with E-state index in [9.17, 15) is 5.11 Å². The summed E-state index contributed by atoms with van der Waals surface area (Å²) in [6, 6.07) is 1.20. The molecule has 0 amide bonds. The van der Waals surface area contributed by atoms with E-state index in [0.717, 1.165) is 12.3 Å². The number of hydrogen-bond donors (Lipinski definition) is 2. The Morgan fingerprint density at radius 1 is 1.06 bits per heavy atom. The molecule has 0 aromatic rings. The van der Waals surface area contributed by atoms with Crippen molar-refractivity contribution < 1.29 is 5.11 Å². The zero-order chi connectivity index (χ0) is 13.6. The van der Waals surface area contributed by atoms with Gasteiger partial charge in [-0.05, 0) is 43.4 Å². The van der Waals surface area contributed by atoms with E-state index in [1.165, 1.54) is 25.7 Å². The van der Waals surface area contributed by atoms with E-state index in [-0.39, 0.29) is 11.5 Å². The number of aliphatic hydroxyl groups excluding tert-OH is 1. The molecule has 2 saturated carbocycles. The van der Waals surface area contributed by atoms with Crippen molar-refractivity contribution in [3.05, 3.63) is 0 Å². The van der Waals surface area contributed by atoms with Crippen LogP contribution in [-0.4, -0.2) is 23.3 Å². The van der Waals surface area contributed by atoms with Gasteiger partial charge in [0.05, 0.1) is 6.10 Å². The van der Waals surface area contributed by atoms with E-state index in [0.29, 0.717) is 17.5 Å². The third kappa shape index (κ3) is 2.75. The third-order valence-corrected chi connectivity index (χ3v) is 5.60. The van der Waals surface area contributed by atoms with E-state index >= 15 is 0 Å². The van der Waals surface area contributed by atoms with Gasteiger partial charge in [-0.2, -0.15) is 0 Å². The standard InChI is InChI=1S/C16H31NO/c1-15(2,3)11-6-8-12(9-7-11)17-13-10-14(18)16(13,4)5/h11-14,17-18H,6-10H2,1-5H3. The van der Waals surface area contributed by atoms with Crippen LogP contribution >= 0.6 is 0 Å². The average Bonchev–Trinajstić information content (AvgIpc) is 2.28. The molecule has 2 heteroatoms. The normalized spacial score (nSPS) is 40.3. The first kappa shape index (κ1) is 14.3. The van der Waals surface area contributed by atoms with Crippen molar-refractivity contribution in [2.45, 2.75) is 84.9 Å². The van der Waals surface area contributed by atoms with Gasteiger partial charge in [-0.25, -0.2) is 0 Å². The van der Waals surface area contributed by atoms with Crippen LogP contribution in [0.1, 0.15) is 66.7 Å². The first-order chi connectivity index (χ1) is 8.21. The monoisotopic (exact) mass is 253 g/mol. The maximum Gasteiger partial charge on any atom is 0.0621 e. The quantitative estimate of drug-likeness (QED) is 0.791. The molecule has 2 fully saturated rings. The lowest BCUT2D eigenvalue weighted by Crippen LogP contribution is -2.62. The van der Waals surface area contributed by atoms with Gasteiger partial charge >= 0.3 is 0 Å². The number of hydrogen-bond acceptors (Lipinski definition) is 2. The summed E-state index contributed by atoms with van der Waals surface area (Å²) >= 11 is 0. The maximum absolute atomic E-state index is 9.78. The third-order valence-electron chi connectivity index (χ3n) is 5.60. The predicted octanol–water partition coefficient (Wildman–Crippen LogP) is 3.34. The van der Waals surface area contributed by atoms with Crippen molar-refractivity contribution in [1.29, 1.82) is 0 Å². The molecule has 2 aliphatic carbocycles. The van der Waals surface area contributed by atoms with Gasteiger partial charge < -0.3 is 10.4 Å². The smallest absolute Gasteiger partial charge is 0.0621 e. The molecule has 0 bridgehead atoms. The number of nitrogens with one attached hydrogen (secondary N) is 1. The zero-order valence-electron chi connectivity index (χ0n) is 12.8. The van der Waals surface area contributed by atoms with Crippen LogP contribution in [0, 0.1) is 16.7 Å². The summed E-state index contributed by atoms with van der Waals surface area (Å²) in [7, 11) is 0. The second-order valence-electron chi connectivity index (χ2n) is 8.21. The fourth-order valence-corrected chi connectivity index (χ4v) is 3.60. The molecule has 0 aromatic carbocycles. The van der Waals surface area contributed by atoms with Crippen LogP contribution in [0.25, 0.3) is 0 Å². The maximum atomic E-state index is 9.78. The highest BCUT2D eigenvalue weighted by Crippen LogP contribution is 2.42. The summed E-state index contributed by atoms with van der Waals surface area (Å²) in [5.74, 6) is 0.885. The van der Waals surface area contributed by atoms with E-state index in [1.807, 2.05) is 0 Å². The second-order valence-corrected chi connectivity index (χ2v) is 8.21. The summed E-state index contributed by atoms with van der Waals surface area (Å²) in [6.07, 6.45) is 6.16. The van der Waals surface area contributed by atoms with Crippen molar-refractivity contribution in [3.8, 4) is 0 Å². The van der Waals surface area contributed by atoms with E-state index < -0.39 is 0 Å². The summed E-state index contributed by atoms with van der Waals surface area (Å²) < 4.78 is 0. The molecular weight excluding hydrogens is 222 g/mol. The number of rotatable bonds is 2. The van der Waals surface area contributed by atoms with Crippen LogP contribution in [0.4, 0.5) is 0 Å². The molecule has 0 aromatic heterocycles. The lowest BCUT2D eigenvalue weighted by atomic mass is 9.64. The molecule has 106 valence electrons. The largest absolute Gasteiger partial charge is 0.392 e. The lowest BCUT2D eigenvalue weighted by Gasteiger charge is -2.51. The minimum atomic E-state index is -0.110. The van der Waals surface area contributed by atoms with Gasteiger partial charge in [0, 0.05) is 17.5 Å². The SMILES string of the molecule is CC(C)(C)C1CCC(NC2CC(O)C2(C)C)CC1. The Labute approximate surface area is 113 Å². The Hall–Kier alpha value is -0.0800. The molecule has 2 aliphatic rings. The first-order valence-corrected chi connectivity index (χ1v) is 7.65. The van der Waals surface area contributed by atoms with Gasteiger partial charge in [0.15, 0.2) is 0 Å².